The largest absolute Gasteiger partial charge is 0.494 e. The van der Waals surface area contributed by atoms with Crippen LogP contribution in [0.1, 0.15) is 29.2 Å². The summed E-state index contributed by atoms with van der Waals surface area (Å²) in [6.07, 6.45) is 0.739. The summed E-state index contributed by atoms with van der Waals surface area (Å²) in [4.78, 5) is 12.4. The van der Waals surface area contributed by atoms with Crippen LogP contribution < -0.4 is 15.4 Å². The SMILES string of the molecule is Cc1ccc(OCCCNC(=O)NC(c2ccccc2)c2ccccc2)cc1. The summed E-state index contributed by atoms with van der Waals surface area (Å²) in [7, 11) is 0. The Morgan fingerprint density at radius 1 is 0.857 bits per heavy atom. The number of hydrogen-bond donors (Lipinski definition) is 2. The zero-order valence-corrected chi connectivity index (χ0v) is 16.1. The van der Waals surface area contributed by atoms with E-state index in [4.69, 9.17) is 4.74 Å². The normalized spacial score (nSPS) is 10.5. The summed E-state index contributed by atoms with van der Waals surface area (Å²) in [5.74, 6) is 0.850. The van der Waals surface area contributed by atoms with Gasteiger partial charge in [-0.2, -0.15) is 0 Å². The second kappa shape index (κ2) is 10.2. The molecular formula is C24H26N2O2. The Balaban J connectivity index is 1.48. The Hall–Kier alpha value is -3.27. The zero-order chi connectivity index (χ0) is 19.6. The summed E-state index contributed by atoms with van der Waals surface area (Å²) < 4.78 is 5.69. The maximum absolute atomic E-state index is 12.4. The van der Waals surface area contributed by atoms with Crippen molar-refractivity contribution < 1.29 is 9.53 Å². The molecule has 4 nitrogen and oxygen atoms in total. The number of amides is 2. The molecule has 0 spiro atoms. The molecule has 0 aliphatic carbocycles. The first-order valence-corrected chi connectivity index (χ1v) is 9.56. The fourth-order valence-electron chi connectivity index (χ4n) is 2.93. The molecule has 0 unspecified atom stereocenters. The van der Waals surface area contributed by atoms with Crippen molar-refractivity contribution in [2.24, 2.45) is 0 Å². The molecule has 3 aromatic rings. The van der Waals surface area contributed by atoms with Gasteiger partial charge in [-0.3, -0.25) is 0 Å². The number of ether oxygens (including phenoxy) is 1. The van der Waals surface area contributed by atoms with E-state index in [9.17, 15) is 4.79 Å². The van der Waals surface area contributed by atoms with Crippen LogP contribution in [0, 0.1) is 6.92 Å². The van der Waals surface area contributed by atoms with Crippen molar-refractivity contribution in [3.05, 3.63) is 102 Å². The molecule has 0 aliphatic rings. The van der Waals surface area contributed by atoms with E-state index in [0.717, 1.165) is 23.3 Å². The van der Waals surface area contributed by atoms with Gasteiger partial charge in [-0.05, 0) is 36.6 Å². The van der Waals surface area contributed by atoms with Crippen LogP contribution >= 0.6 is 0 Å². The molecule has 4 heteroatoms. The van der Waals surface area contributed by atoms with Gasteiger partial charge in [0.2, 0.25) is 0 Å². The van der Waals surface area contributed by atoms with Crippen molar-refractivity contribution >= 4 is 6.03 Å². The maximum atomic E-state index is 12.4. The minimum Gasteiger partial charge on any atom is -0.494 e. The molecule has 0 aromatic heterocycles. The first kappa shape index (κ1) is 19.5. The number of benzene rings is 3. The van der Waals surface area contributed by atoms with Gasteiger partial charge in [-0.1, -0.05) is 78.4 Å². The molecule has 0 bridgehead atoms. The van der Waals surface area contributed by atoms with E-state index in [2.05, 4.69) is 10.6 Å². The number of carbonyl (C=O) groups excluding carboxylic acids is 1. The summed E-state index contributed by atoms with van der Waals surface area (Å²) in [6, 6.07) is 27.5. The first-order chi connectivity index (χ1) is 13.7. The monoisotopic (exact) mass is 374 g/mol. The molecule has 0 saturated heterocycles. The fraction of sp³-hybridized carbons (Fsp3) is 0.208. The van der Waals surface area contributed by atoms with Gasteiger partial charge in [0.1, 0.15) is 5.75 Å². The molecule has 2 amide bonds. The van der Waals surface area contributed by atoms with Crippen molar-refractivity contribution in [1.29, 1.82) is 0 Å². The molecule has 0 atom stereocenters. The summed E-state index contributed by atoms with van der Waals surface area (Å²) in [5, 5.41) is 5.99. The molecule has 0 radical (unpaired) electrons. The molecule has 0 aliphatic heterocycles. The van der Waals surface area contributed by atoms with E-state index in [0.29, 0.717) is 13.2 Å². The third kappa shape index (κ3) is 5.88. The lowest BCUT2D eigenvalue weighted by Crippen LogP contribution is -2.39. The molecule has 28 heavy (non-hydrogen) atoms. The highest BCUT2D eigenvalue weighted by molar-refractivity contribution is 5.75. The first-order valence-electron chi connectivity index (χ1n) is 9.56. The third-order valence-corrected chi connectivity index (χ3v) is 4.44. The van der Waals surface area contributed by atoms with E-state index < -0.39 is 0 Å². The van der Waals surface area contributed by atoms with Crippen molar-refractivity contribution in [3.8, 4) is 5.75 Å². The second-order valence-corrected chi connectivity index (χ2v) is 6.67. The van der Waals surface area contributed by atoms with Gasteiger partial charge in [0.15, 0.2) is 0 Å². The van der Waals surface area contributed by atoms with E-state index in [1.54, 1.807) is 0 Å². The number of aryl methyl sites for hydroxylation is 1. The van der Waals surface area contributed by atoms with Crippen molar-refractivity contribution in [1.82, 2.24) is 10.6 Å². The lowest BCUT2D eigenvalue weighted by atomic mass is 9.99. The van der Waals surface area contributed by atoms with Gasteiger partial charge in [-0.15, -0.1) is 0 Å². The molecule has 3 aromatic carbocycles. The van der Waals surface area contributed by atoms with E-state index in [1.165, 1.54) is 5.56 Å². The van der Waals surface area contributed by atoms with Crippen LogP contribution in [-0.4, -0.2) is 19.2 Å². The predicted molar refractivity (Wildman–Crippen MR) is 113 cm³/mol. The number of urea groups is 1. The predicted octanol–water partition coefficient (Wildman–Crippen LogP) is 4.85. The highest BCUT2D eigenvalue weighted by atomic mass is 16.5. The lowest BCUT2D eigenvalue weighted by molar-refractivity contribution is 0.237. The Morgan fingerprint density at radius 3 is 2.00 bits per heavy atom. The molecule has 0 heterocycles. The Kier molecular flexibility index (Phi) is 7.08. The van der Waals surface area contributed by atoms with Crippen LogP contribution in [0.5, 0.6) is 5.75 Å². The minimum absolute atomic E-state index is 0.187. The number of rotatable bonds is 8. The Bertz CT molecular complexity index is 809. The number of carbonyl (C=O) groups is 1. The molecule has 0 fully saturated rings. The third-order valence-electron chi connectivity index (χ3n) is 4.44. The van der Waals surface area contributed by atoms with Crippen molar-refractivity contribution in [2.75, 3.05) is 13.2 Å². The van der Waals surface area contributed by atoms with Gasteiger partial charge >= 0.3 is 6.03 Å². The number of nitrogens with one attached hydrogen (secondary N) is 2. The Labute approximate surface area is 166 Å². The fourth-order valence-corrected chi connectivity index (χ4v) is 2.93. The second-order valence-electron chi connectivity index (χ2n) is 6.67. The highest BCUT2D eigenvalue weighted by Gasteiger charge is 2.16. The van der Waals surface area contributed by atoms with Crippen LogP contribution in [0.4, 0.5) is 4.79 Å². The maximum Gasteiger partial charge on any atom is 0.315 e. The average molecular weight is 374 g/mol. The van der Waals surface area contributed by atoms with E-state index >= 15 is 0 Å². The minimum atomic E-state index is -0.189. The highest BCUT2D eigenvalue weighted by Crippen LogP contribution is 2.21. The van der Waals surface area contributed by atoms with Gasteiger partial charge in [0.05, 0.1) is 12.6 Å². The van der Waals surface area contributed by atoms with Crippen molar-refractivity contribution in [2.45, 2.75) is 19.4 Å². The van der Waals surface area contributed by atoms with Crippen LogP contribution in [0.2, 0.25) is 0 Å². The quantitative estimate of drug-likeness (QED) is 0.554. The number of hydrogen-bond acceptors (Lipinski definition) is 2. The van der Waals surface area contributed by atoms with Gasteiger partial charge in [-0.25, -0.2) is 4.79 Å². The van der Waals surface area contributed by atoms with Gasteiger partial charge < -0.3 is 15.4 Å². The Morgan fingerprint density at radius 2 is 1.43 bits per heavy atom. The standard InChI is InChI=1S/C24H26N2O2/c1-19-13-15-22(16-14-19)28-18-8-17-25-24(27)26-23(20-9-4-2-5-10-20)21-11-6-3-7-12-21/h2-7,9-16,23H,8,17-18H2,1H3,(H2,25,26,27). The van der Waals surface area contributed by atoms with Crippen LogP contribution in [-0.2, 0) is 0 Å². The lowest BCUT2D eigenvalue weighted by Gasteiger charge is -2.20. The van der Waals surface area contributed by atoms with Gasteiger partial charge in [0, 0.05) is 6.54 Å². The molecular weight excluding hydrogens is 348 g/mol. The van der Waals surface area contributed by atoms with Crippen LogP contribution in [0.15, 0.2) is 84.9 Å². The molecule has 3 rings (SSSR count). The average Bonchev–Trinajstić information content (AvgIpc) is 2.74. The van der Waals surface area contributed by atoms with Crippen LogP contribution in [0.25, 0.3) is 0 Å². The summed E-state index contributed by atoms with van der Waals surface area (Å²) in [5.41, 5.74) is 3.30. The summed E-state index contributed by atoms with van der Waals surface area (Å²) in [6.45, 7) is 3.16. The smallest absolute Gasteiger partial charge is 0.315 e. The molecule has 144 valence electrons. The summed E-state index contributed by atoms with van der Waals surface area (Å²) >= 11 is 0. The molecule has 0 saturated carbocycles. The molecule has 2 N–H and O–H groups in total. The van der Waals surface area contributed by atoms with Gasteiger partial charge in [0.25, 0.3) is 0 Å². The topological polar surface area (TPSA) is 50.4 Å². The van der Waals surface area contributed by atoms with Crippen LogP contribution in [0.3, 0.4) is 0 Å². The van der Waals surface area contributed by atoms with Crippen molar-refractivity contribution in [3.63, 3.8) is 0 Å². The zero-order valence-electron chi connectivity index (χ0n) is 16.1. The van der Waals surface area contributed by atoms with E-state index in [-0.39, 0.29) is 12.1 Å². The van der Waals surface area contributed by atoms with E-state index in [1.807, 2.05) is 91.9 Å².